The Labute approximate surface area is 262 Å². The van der Waals surface area contributed by atoms with Crippen molar-refractivity contribution in [3.05, 3.63) is 149 Å². The van der Waals surface area contributed by atoms with Gasteiger partial charge in [0.25, 0.3) is 0 Å². The Morgan fingerprint density at radius 2 is 1.28 bits per heavy atom. The van der Waals surface area contributed by atoms with Crippen LogP contribution in [0, 0.1) is 20.8 Å². The minimum Gasteiger partial charge on any atom is -0.488 e. The molecule has 0 saturated carbocycles. The molecule has 0 fully saturated rings. The van der Waals surface area contributed by atoms with Gasteiger partial charge in [-0.2, -0.15) is 0 Å². The van der Waals surface area contributed by atoms with Gasteiger partial charge >= 0.3 is 0 Å². The van der Waals surface area contributed by atoms with Gasteiger partial charge in [0.1, 0.15) is 12.4 Å². The van der Waals surface area contributed by atoms with E-state index in [1.54, 1.807) is 0 Å². The molecule has 0 bridgehead atoms. The lowest BCUT2D eigenvalue weighted by molar-refractivity contribution is 0.295. The highest BCUT2D eigenvalue weighted by atomic mass is 31.1. The highest BCUT2D eigenvalue weighted by Crippen LogP contribution is 2.53. The molecule has 2 unspecified atom stereocenters. The summed E-state index contributed by atoms with van der Waals surface area (Å²) in [5.41, 5.74) is 6.50. The van der Waals surface area contributed by atoms with E-state index in [-0.39, 0.29) is 5.16 Å². The summed E-state index contributed by atoms with van der Waals surface area (Å²) in [6.45, 7) is 12.1. The molecule has 1 nitrogen and oxygen atoms in total. The van der Waals surface area contributed by atoms with Gasteiger partial charge in [0, 0.05) is 10.7 Å². The van der Waals surface area contributed by atoms with E-state index < -0.39 is 7.92 Å². The summed E-state index contributed by atoms with van der Waals surface area (Å²) < 4.78 is 6.76. The smallest absolute Gasteiger partial charge is 0.126 e. The average molecular weight is 603 g/mol. The number of aryl methyl sites for hydroxylation is 3. The fraction of sp³-hybridized carbons (Fsp3) is 0.250. The lowest BCUT2D eigenvalue weighted by Crippen LogP contribution is -2.34. The number of ether oxygens (including phenoxy) is 1. The maximum absolute atomic E-state index is 6.76. The second-order valence-electron chi connectivity index (χ2n) is 11.5. The van der Waals surface area contributed by atoms with Crippen molar-refractivity contribution < 1.29 is 4.74 Å². The fourth-order valence-electron chi connectivity index (χ4n) is 6.20. The highest BCUT2D eigenvalue weighted by Gasteiger charge is 2.36. The summed E-state index contributed by atoms with van der Waals surface area (Å²) in [5.74, 6) is 1.07. The molecule has 0 aromatic heterocycles. The van der Waals surface area contributed by atoms with Crippen LogP contribution in [-0.2, 0) is 11.8 Å². The number of rotatable bonds is 12. The van der Waals surface area contributed by atoms with Gasteiger partial charge in [-0.3, -0.25) is 0 Å². The first-order valence-electron chi connectivity index (χ1n) is 15.5. The second-order valence-corrected chi connectivity index (χ2v) is 15.4. The third-order valence-electron chi connectivity index (χ3n) is 8.33. The molecule has 220 valence electrons. The van der Waals surface area contributed by atoms with E-state index in [0.29, 0.717) is 15.2 Å². The quantitative estimate of drug-likeness (QED) is 0.129. The van der Waals surface area contributed by atoms with Crippen LogP contribution >= 0.6 is 16.5 Å². The first-order chi connectivity index (χ1) is 21.0. The molecular weight excluding hydrogens is 558 g/mol. The maximum Gasteiger partial charge on any atom is 0.126 e. The summed E-state index contributed by atoms with van der Waals surface area (Å²) in [6, 6.07) is 44.5. The zero-order valence-corrected chi connectivity index (χ0v) is 28.1. The van der Waals surface area contributed by atoms with Crippen molar-refractivity contribution in [2.45, 2.75) is 65.6 Å². The Hall–Kier alpha value is -3.24. The molecule has 0 aliphatic carbocycles. The molecule has 5 aromatic rings. The molecule has 43 heavy (non-hydrogen) atoms. The van der Waals surface area contributed by atoms with Crippen LogP contribution in [0.2, 0.25) is 0 Å². The number of hydrogen-bond donors (Lipinski definition) is 0. The third-order valence-corrected chi connectivity index (χ3v) is 13.3. The summed E-state index contributed by atoms with van der Waals surface area (Å²) in [6.07, 6.45) is 3.31. The second kappa shape index (κ2) is 14.5. The predicted molar refractivity (Wildman–Crippen MR) is 191 cm³/mol. The van der Waals surface area contributed by atoms with E-state index in [1.165, 1.54) is 49.0 Å². The highest BCUT2D eigenvalue weighted by molar-refractivity contribution is 7.81. The molecule has 0 aliphatic heterocycles. The summed E-state index contributed by atoms with van der Waals surface area (Å²) >= 11 is 0. The van der Waals surface area contributed by atoms with Crippen molar-refractivity contribution in [2.24, 2.45) is 0 Å². The van der Waals surface area contributed by atoms with Gasteiger partial charge in [-0.25, -0.2) is 0 Å². The Bertz CT molecular complexity index is 1580. The van der Waals surface area contributed by atoms with Crippen molar-refractivity contribution >= 4 is 37.7 Å². The minimum absolute atomic E-state index is 0.0210. The van der Waals surface area contributed by atoms with E-state index in [0.717, 1.165) is 25.0 Å². The molecule has 0 radical (unpaired) electrons. The van der Waals surface area contributed by atoms with Crippen LogP contribution in [0.1, 0.15) is 60.9 Å². The lowest BCUT2D eigenvalue weighted by atomic mass is 9.87. The Morgan fingerprint density at radius 3 is 1.86 bits per heavy atom. The van der Waals surface area contributed by atoms with Crippen LogP contribution in [0.5, 0.6) is 5.75 Å². The van der Waals surface area contributed by atoms with Crippen LogP contribution in [0.4, 0.5) is 0 Å². The van der Waals surface area contributed by atoms with Crippen molar-refractivity contribution in [3.63, 3.8) is 0 Å². The van der Waals surface area contributed by atoms with Crippen molar-refractivity contribution in [1.82, 2.24) is 0 Å². The summed E-state index contributed by atoms with van der Waals surface area (Å²) in [4.78, 5) is 0. The van der Waals surface area contributed by atoms with Crippen LogP contribution in [0.15, 0.2) is 121 Å². The molecule has 0 N–H and O–H groups in total. The standard InChI is InChI=1S/C40H44OP2/c1-6-26-40(7-2,36-28-30(3)27-32(5)38(36)41-29-33-19-11-8-12-20-33)42-39-31(4)18-17-25-37(39)43(34-21-13-9-14-22-34)35-23-15-10-16-24-35/h8-25,27-28,42H,6-7,26,29H2,1-5H3. The van der Waals surface area contributed by atoms with E-state index in [1.807, 2.05) is 0 Å². The first kappa shape index (κ1) is 31.2. The zero-order valence-electron chi connectivity index (χ0n) is 26.2. The third kappa shape index (κ3) is 7.12. The average Bonchev–Trinajstić information content (AvgIpc) is 3.03. The molecule has 3 heteroatoms. The van der Waals surface area contributed by atoms with Gasteiger partial charge in [0.2, 0.25) is 0 Å². The Morgan fingerprint density at radius 1 is 0.674 bits per heavy atom. The molecule has 0 amide bonds. The largest absolute Gasteiger partial charge is 0.488 e. The van der Waals surface area contributed by atoms with Gasteiger partial charge in [-0.05, 0) is 79.4 Å². The maximum atomic E-state index is 6.76. The fourth-order valence-corrected chi connectivity index (χ4v) is 11.0. The van der Waals surface area contributed by atoms with Crippen molar-refractivity contribution in [2.75, 3.05) is 0 Å². The monoisotopic (exact) mass is 602 g/mol. The van der Waals surface area contributed by atoms with E-state index in [9.17, 15) is 0 Å². The van der Waals surface area contributed by atoms with Crippen LogP contribution in [-0.4, -0.2) is 0 Å². The van der Waals surface area contributed by atoms with Gasteiger partial charge in [0.15, 0.2) is 0 Å². The molecule has 2 atom stereocenters. The van der Waals surface area contributed by atoms with E-state index in [2.05, 4.69) is 156 Å². The molecule has 0 spiro atoms. The van der Waals surface area contributed by atoms with Crippen molar-refractivity contribution in [3.8, 4) is 5.75 Å². The van der Waals surface area contributed by atoms with Gasteiger partial charge in [-0.15, -0.1) is 0 Å². The number of hydrogen-bond acceptors (Lipinski definition) is 1. The Balaban J connectivity index is 1.66. The predicted octanol–water partition coefficient (Wildman–Crippen LogP) is 9.36. The molecule has 0 heterocycles. The Kier molecular flexibility index (Phi) is 10.5. The van der Waals surface area contributed by atoms with Crippen LogP contribution < -0.4 is 26.0 Å². The van der Waals surface area contributed by atoms with E-state index in [4.69, 9.17) is 4.74 Å². The van der Waals surface area contributed by atoms with E-state index >= 15 is 0 Å². The van der Waals surface area contributed by atoms with Gasteiger partial charge in [0.05, 0.1) is 0 Å². The first-order valence-corrected chi connectivity index (χ1v) is 17.9. The summed E-state index contributed by atoms with van der Waals surface area (Å²) in [5, 5.41) is 5.78. The SMILES string of the molecule is CCCC(CC)(Pc1c(C)cccc1P(c1ccccc1)c1ccccc1)c1cc(C)cc(C)c1OCc1ccccc1. The molecule has 5 aromatic carbocycles. The minimum atomic E-state index is -0.701. The van der Waals surface area contributed by atoms with Gasteiger partial charge in [-0.1, -0.05) is 156 Å². The lowest BCUT2D eigenvalue weighted by Gasteiger charge is -2.37. The molecule has 5 rings (SSSR count). The number of benzene rings is 5. The summed E-state index contributed by atoms with van der Waals surface area (Å²) in [7, 11) is -0.0739. The zero-order chi connectivity index (χ0) is 30.2. The molecule has 0 saturated heterocycles. The molecular formula is C40H44OP2. The topological polar surface area (TPSA) is 9.23 Å². The molecule has 0 aliphatic rings. The van der Waals surface area contributed by atoms with Gasteiger partial charge < -0.3 is 4.74 Å². The van der Waals surface area contributed by atoms with Crippen LogP contribution in [0.25, 0.3) is 0 Å². The van der Waals surface area contributed by atoms with Crippen molar-refractivity contribution in [1.29, 1.82) is 0 Å². The normalized spacial score (nSPS) is 13.0. The van der Waals surface area contributed by atoms with Crippen LogP contribution in [0.3, 0.4) is 0 Å².